The SMILES string of the molecule is CC1C=C2C=C3C(O)C(O)C(N(C)C)CC34CCC2(O4)C2CC=C(c3ccc4c[nH]c(=O)cc4c3)C12C. The van der Waals surface area contributed by atoms with Crippen molar-refractivity contribution in [3.05, 3.63) is 75.8 Å². The molecule has 2 spiro atoms. The average molecular weight is 501 g/mol. The van der Waals surface area contributed by atoms with Gasteiger partial charge in [0.05, 0.1) is 17.3 Å². The van der Waals surface area contributed by atoms with E-state index in [4.69, 9.17) is 4.74 Å². The summed E-state index contributed by atoms with van der Waals surface area (Å²) in [5.41, 5.74) is 3.42. The maximum atomic E-state index is 12.0. The van der Waals surface area contributed by atoms with Crippen LogP contribution in [0.25, 0.3) is 16.3 Å². The quantitative estimate of drug-likeness (QED) is 0.584. The number of aromatic nitrogens is 1. The fourth-order valence-corrected chi connectivity index (χ4v) is 8.59. The summed E-state index contributed by atoms with van der Waals surface area (Å²) in [7, 11) is 3.93. The molecule has 2 fully saturated rings. The first-order valence-corrected chi connectivity index (χ1v) is 13.6. The van der Waals surface area contributed by atoms with Crippen molar-refractivity contribution in [1.29, 1.82) is 0 Å². The molecule has 1 saturated carbocycles. The molecule has 3 aliphatic carbocycles. The van der Waals surface area contributed by atoms with Crippen molar-refractivity contribution in [2.45, 2.75) is 69.0 Å². The highest BCUT2D eigenvalue weighted by Crippen LogP contribution is 2.69. The molecule has 2 aliphatic heterocycles. The molecular weight excluding hydrogens is 464 g/mol. The van der Waals surface area contributed by atoms with Crippen LogP contribution < -0.4 is 5.56 Å². The topological polar surface area (TPSA) is 85.8 Å². The number of aliphatic hydroxyl groups excluding tert-OH is 2. The number of allylic oxidation sites excluding steroid dienone is 3. The highest BCUT2D eigenvalue weighted by atomic mass is 16.5. The Balaban J connectivity index is 1.33. The van der Waals surface area contributed by atoms with Crippen LogP contribution in [0.1, 0.15) is 45.1 Å². The predicted octanol–water partition coefficient (Wildman–Crippen LogP) is 3.80. The van der Waals surface area contributed by atoms with Gasteiger partial charge in [-0.15, -0.1) is 0 Å². The number of nitrogens with zero attached hydrogens (tertiary/aromatic N) is 1. The van der Waals surface area contributed by atoms with E-state index < -0.39 is 23.4 Å². The largest absolute Gasteiger partial charge is 0.388 e. The van der Waals surface area contributed by atoms with Crippen LogP contribution in [-0.2, 0) is 4.74 Å². The molecule has 6 heteroatoms. The number of fused-ring (bicyclic) bond motifs is 2. The molecule has 37 heavy (non-hydrogen) atoms. The lowest BCUT2D eigenvalue weighted by atomic mass is 9.54. The zero-order chi connectivity index (χ0) is 25.9. The summed E-state index contributed by atoms with van der Waals surface area (Å²) in [4.78, 5) is 16.8. The second-order valence-corrected chi connectivity index (χ2v) is 12.5. The Morgan fingerprint density at radius 3 is 2.73 bits per heavy atom. The third-order valence-corrected chi connectivity index (χ3v) is 10.7. The van der Waals surface area contributed by atoms with Crippen LogP contribution in [0.15, 0.2) is 64.6 Å². The van der Waals surface area contributed by atoms with E-state index in [-0.39, 0.29) is 28.9 Å². The van der Waals surface area contributed by atoms with E-state index in [2.05, 4.69) is 55.3 Å². The number of pyridine rings is 1. The Bertz CT molecular complexity index is 1470. The Morgan fingerprint density at radius 1 is 1.14 bits per heavy atom. The maximum Gasteiger partial charge on any atom is 0.248 e. The van der Waals surface area contributed by atoms with Crippen molar-refractivity contribution in [3.8, 4) is 0 Å². The third-order valence-electron chi connectivity index (χ3n) is 10.7. The van der Waals surface area contributed by atoms with E-state index in [9.17, 15) is 15.0 Å². The summed E-state index contributed by atoms with van der Waals surface area (Å²) in [6.07, 6.45) is 10.4. The van der Waals surface area contributed by atoms with Crippen LogP contribution >= 0.6 is 0 Å². The lowest BCUT2D eigenvalue weighted by Crippen LogP contribution is -2.62. The van der Waals surface area contributed by atoms with E-state index in [0.717, 1.165) is 35.6 Å². The molecule has 5 aliphatic rings. The summed E-state index contributed by atoms with van der Waals surface area (Å²) in [5, 5.41) is 24.1. The van der Waals surface area contributed by atoms with Gasteiger partial charge in [0.1, 0.15) is 6.10 Å². The summed E-state index contributed by atoms with van der Waals surface area (Å²) in [6, 6.07) is 7.96. The molecular formula is C31H36N2O4. The minimum absolute atomic E-state index is 0.0862. The van der Waals surface area contributed by atoms with Crippen LogP contribution in [0.5, 0.6) is 0 Å². The van der Waals surface area contributed by atoms with Gasteiger partial charge < -0.3 is 24.8 Å². The molecule has 0 radical (unpaired) electrons. The molecule has 1 aromatic heterocycles. The Morgan fingerprint density at radius 2 is 1.95 bits per heavy atom. The van der Waals surface area contributed by atoms with Crippen LogP contribution in [0.4, 0.5) is 0 Å². The van der Waals surface area contributed by atoms with Crippen LogP contribution in [0.3, 0.4) is 0 Å². The highest BCUT2D eigenvalue weighted by Gasteiger charge is 2.68. The monoisotopic (exact) mass is 500 g/mol. The van der Waals surface area contributed by atoms with Crippen molar-refractivity contribution in [3.63, 3.8) is 0 Å². The second kappa shape index (κ2) is 7.54. The smallest absolute Gasteiger partial charge is 0.248 e. The van der Waals surface area contributed by atoms with Crippen molar-refractivity contribution < 1.29 is 14.9 Å². The number of likely N-dealkylation sites (N-methyl/N-ethyl adjacent to an activating group) is 1. The van der Waals surface area contributed by atoms with Gasteiger partial charge in [0.2, 0.25) is 5.56 Å². The van der Waals surface area contributed by atoms with Crippen LogP contribution in [0.2, 0.25) is 0 Å². The normalized spacial score (nSPS) is 42.1. The fourth-order valence-electron chi connectivity index (χ4n) is 8.59. The van der Waals surface area contributed by atoms with Gasteiger partial charge in [-0.25, -0.2) is 0 Å². The molecule has 3 heterocycles. The molecule has 8 unspecified atom stereocenters. The molecule has 8 atom stereocenters. The Hall–Kier alpha value is -2.51. The van der Waals surface area contributed by atoms with Crippen molar-refractivity contribution in [1.82, 2.24) is 9.88 Å². The number of hydrogen-bond acceptors (Lipinski definition) is 5. The van der Waals surface area contributed by atoms with Crippen molar-refractivity contribution in [2.24, 2.45) is 17.3 Å². The van der Waals surface area contributed by atoms with Gasteiger partial charge in [-0.2, -0.15) is 0 Å². The predicted molar refractivity (Wildman–Crippen MR) is 144 cm³/mol. The third kappa shape index (κ3) is 2.93. The Labute approximate surface area is 217 Å². The minimum atomic E-state index is -0.917. The second-order valence-electron chi connectivity index (χ2n) is 12.5. The summed E-state index contributed by atoms with van der Waals surface area (Å²) < 4.78 is 7.26. The molecule has 2 aromatic rings. The van der Waals surface area contributed by atoms with Crippen LogP contribution in [0, 0.1) is 17.3 Å². The molecule has 1 saturated heterocycles. The fraction of sp³-hybridized carbons (Fsp3) is 0.516. The number of aliphatic hydroxyl groups is 2. The molecule has 2 bridgehead atoms. The highest BCUT2D eigenvalue weighted by molar-refractivity contribution is 5.87. The summed E-state index contributed by atoms with van der Waals surface area (Å²) >= 11 is 0. The zero-order valence-corrected chi connectivity index (χ0v) is 22.0. The van der Waals surface area contributed by atoms with Gasteiger partial charge in [-0.05, 0) is 84.8 Å². The van der Waals surface area contributed by atoms with Gasteiger partial charge in [0.15, 0.2) is 0 Å². The number of aromatic amines is 1. The number of H-pyrrole nitrogens is 1. The number of benzene rings is 1. The zero-order valence-electron chi connectivity index (χ0n) is 22.0. The molecule has 7 rings (SSSR count). The van der Waals surface area contributed by atoms with Gasteiger partial charge in [-0.1, -0.05) is 44.2 Å². The first-order valence-electron chi connectivity index (χ1n) is 13.6. The van der Waals surface area contributed by atoms with E-state index in [1.165, 1.54) is 16.7 Å². The number of nitrogens with one attached hydrogen (secondary N) is 1. The molecule has 0 amide bonds. The summed E-state index contributed by atoms with van der Waals surface area (Å²) in [6.45, 7) is 4.68. The average Bonchev–Trinajstić information content (AvgIpc) is 3.39. The van der Waals surface area contributed by atoms with Gasteiger partial charge in [-0.3, -0.25) is 4.79 Å². The van der Waals surface area contributed by atoms with Crippen molar-refractivity contribution in [2.75, 3.05) is 14.1 Å². The maximum absolute atomic E-state index is 12.0. The standard InChI is InChI=1S/C31H36N2O4/c1-17-11-21-14-23-27(35)28(36)24(33(3)4)15-30(23)9-10-31(21,37-30)25-8-7-22(29(17,25)2)18-5-6-19-16-32-26(34)13-20(19)12-18/h5-7,11-14,16-17,24-25,27-28,35-36H,8-10,15H2,1-4H3,(H,32,34). The van der Waals surface area contributed by atoms with Gasteiger partial charge >= 0.3 is 0 Å². The summed E-state index contributed by atoms with van der Waals surface area (Å²) in [5.74, 6) is 0.536. The molecule has 194 valence electrons. The molecule has 3 N–H and O–H groups in total. The number of hydrogen-bond donors (Lipinski definition) is 3. The number of ether oxygens (including phenoxy) is 1. The minimum Gasteiger partial charge on any atom is -0.388 e. The van der Waals surface area contributed by atoms with Gasteiger partial charge in [0, 0.05) is 29.6 Å². The van der Waals surface area contributed by atoms with Gasteiger partial charge in [0.25, 0.3) is 0 Å². The Kier molecular flexibility index (Phi) is 4.81. The van der Waals surface area contributed by atoms with E-state index >= 15 is 0 Å². The lowest BCUT2D eigenvalue weighted by molar-refractivity contribution is -0.165. The van der Waals surface area contributed by atoms with Crippen LogP contribution in [-0.4, -0.2) is 63.6 Å². The lowest BCUT2D eigenvalue weighted by Gasteiger charge is -2.57. The molecule has 1 aromatic carbocycles. The van der Waals surface area contributed by atoms with E-state index in [0.29, 0.717) is 6.42 Å². The first kappa shape index (κ1) is 23.6. The van der Waals surface area contributed by atoms with E-state index in [1.54, 1.807) is 12.3 Å². The first-order chi connectivity index (χ1) is 17.6. The number of rotatable bonds is 2. The molecule has 6 nitrogen and oxygen atoms in total. The van der Waals surface area contributed by atoms with E-state index in [1.807, 2.05) is 19.0 Å². The van der Waals surface area contributed by atoms with Crippen molar-refractivity contribution >= 4 is 16.3 Å².